The van der Waals surface area contributed by atoms with Gasteiger partial charge < -0.3 is 9.47 Å². The van der Waals surface area contributed by atoms with Gasteiger partial charge in [-0.05, 0) is 26.8 Å². The van der Waals surface area contributed by atoms with Crippen molar-refractivity contribution >= 4 is 6.08 Å². The third-order valence-electron chi connectivity index (χ3n) is 4.09. The van der Waals surface area contributed by atoms with E-state index in [2.05, 4.69) is 14.9 Å². The van der Waals surface area contributed by atoms with E-state index in [1.807, 2.05) is 32.9 Å². The van der Waals surface area contributed by atoms with Crippen LogP contribution < -0.4 is 4.74 Å². The standard InChI is InChI=1S/C21H26FN3O2/c1-21(2,3)27-20-19(23-10-11-24-20)15-25-12-13-26-17(14-25)9-8-16-6-4-5-7-18(16)22/h4-11,17H,12-15H2,1-3H3. The van der Waals surface area contributed by atoms with E-state index in [1.54, 1.807) is 30.6 Å². The van der Waals surface area contributed by atoms with Gasteiger partial charge in [0.1, 0.15) is 17.1 Å². The Morgan fingerprint density at radius 2 is 2.04 bits per heavy atom. The van der Waals surface area contributed by atoms with E-state index in [4.69, 9.17) is 9.47 Å². The lowest BCUT2D eigenvalue weighted by Crippen LogP contribution is -2.41. The van der Waals surface area contributed by atoms with Crippen molar-refractivity contribution < 1.29 is 13.9 Å². The lowest BCUT2D eigenvalue weighted by atomic mass is 10.1. The van der Waals surface area contributed by atoms with Crippen LogP contribution in [0.3, 0.4) is 0 Å². The molecule has 1 aromatic carbocycles. The molecule has 0 spiro atoms. The van der Waals surface area contributed by atoms with Gasteiger partial charge in [0, 0.05) is 37.6 Å². The molecule has 0 N–H and O–H groups in total. The summed E-state index contributed by atoms with van der Waals surface area (Å²) < 4.78 is 25.5. The third-order valence-corrected chi connectivity index (χ3v) is 4.09. The van der Waals surface area contributed by atoms with Crippen LogP contribution in [-0.4, -0.2) is 46.3 Å². The van der Waals surface area contributed by atoms with Crippen molar-refractivity contribution in [2.45, 2.75) is 39.0 Å². The number of nitrogens with zero attached hydrogens (tertiary/aromatic N) is 3. The second kappa shape index (κ2) is 8.59. The van der Waals surface area contributed by atoms with Crippen molar-refractivity contribution in [2.24, 2.45) is 0 Å². The Morgan fingerprint density at radius 3 is 2.81 bits per heavy atom. The molecule has 0 aliphatic carbocycles. The molecule has 1 aliphatic heterocycles. The molecule has 1 aromatic heterocycles. The van der Waals surface area contributed by atoms with Gasteiger partial charge in [-0.1, -0.05) is 30.4 Å². The van der Waals surface area contributed by atoms with Gasteiger partial charge in [-0.2, -0.15) is 0 Å². The molecule has 1 atom stereocenters. The average molecular weight is 371 g/mol. The molecule has 0 radical (unpaired) electrons. The SMILES string of the molecule is CC(C)(C)Oc1nccnc1CN1CCOC(C=Cc2ccccc2F)C1. The van der Waals surface area contributed by atoms with Crippen LogP contribution in [0.25, 0.3) is 6.08 Å². The molecule has 2 aromatic rings. The van der Waals surface area contributed by atoms with Crippen LogP contribution in [0.15, 0.2) is 42.7 Å². The van der Waals surface area contributed by atoms with Gasteiger partial charge in [0.25, 0.3) is 0 Å². The molecule has 144 valence electrons. The van der Waals surface area contributed by atoms with Gasteiger partial charge in [-0.25, -0.2) is 9.37 Å². The molecular weight excluding hydrogens is 345 g/mol. The van der Waals surface area contributed by atoms with Crippen LogP contribution in [0, 0.1) is 5.82 Å². The highest BCUT2D eigenvalue weighted by molar-refractivity contribution is 5.50. The van der Waals surface area contributed by atoms with Gasteiger partial charge in [-0.15, -0.1) is 0 Å². The highest BCUT2D eigenvalue weighted by Crippen LogP contribution is 2.21. The van der Waals surface area contributed by atoms with Crippen LogP contribution in [0.2, 0.25) is 0 Å². The topological polar surface area (TPSA) is 47.5 Å². The average Bonchev–Trinajstić information content (AvgIpc) is 2.62. The van der Waals surface area contributed by atoms with Gasteiger partial charge in [-0.3, -0.25) is 9.88 Å². The maximum atomic E-state index is 13.8. The number of rotatable bonds is 5. The fourth-order valence-corrected chi connectivity index (χ4v) is 2.86. The van der Waals surface area contributed by atoms with Gasteiger partial charge >= 0.3 is 0 Å². The summed E-state index contributed by atoms with van der Waals surface area (Å²) >= 11 is 0. The zero-order valence-corrected chi connectivity index (χ0v) is 16.1. The Hall–Kier alpha value is -2.31. The first-order chi connectivity index (χ1) is 12.9. The zero-order valence-electron chi connectivity index (χ0n) is 16.1. The van der Waals surface area contributed by atoms with Gasteiger partial charge in [0.15, 0.2) is 0 Å². The van der Waals surface area contributed by atoms with Crippen LogP contribution in [0.4, 0.5) is 4.39 Å². The number of ether oxygens (including phenoxy) is 2. The first kappa shape index (κ1) is 19.5. The maximum Gasteiger partial charge on any atom is 0.237 e. The Labute approximate surface area is 159 Å². The van der Waals surface area contributed by atoms with Crippen molar-refractivity contribution in [1.29, 1.82) is 0 Å². The summed E-state index contributed by atoms with van der Waals surface area (Å²) in [5, 5.41) is 0. The molecule has 5 nitrogen and oxygen atoms in total. The number of morpholine rings is 1. The number of hydrogen-bond acceptors (Lipinski definition) is 5. The molecular formula is C21H26FN3O2. The summed E-state index contributed by atoms with van der Waals surface area (Å²) in [6.07, 6.45) is 6.92. The van der Waals surface area contributed by atoms with E-state index in [9.17, 15) is 4.39 Å². The van der Waals surface area contributed by atoms with Crippen molar-refractivity contribution in [1.82, 2.24) is 14.9 Å². The molecule has 1 fully saturated rings. The second-order valence-corrected chi connectivity index (χ2v) is 7.55. The number of aromatic nitrogens is 2. The van der Waals surface area contributed by atoms with E-state index in [-0.39, 0.29) is 17.5 Å². The normalized spacial score (nSPS) is 18.7. The summed E-state index contributed by atoms with van der Waals surface area (Å²) in [4.78, 5) is 11.0. The molecule has 1 unspecified atom stereocenters. The summed E-state index contributed by atoms with van der Waals surface area (Å²) in [6.45, 7) is 8.72. The van der Waals surface area contributed by atoms with Crippen molar-refractivity contribution in [3.63, 3.8) is 0 Å². The second-order valence-electron chi connectivity index (χ2n) is 7.55. The van der Waals surface area contributed by atoms with Crippen molar-refractivity contribution in [3.05, 3.63) is 59.8 Å². The predicted molar refractivity (Wildman–Crippen MR) is 103 cm³/mol. The largest absolute Gasteiger partial charge is 0.471 e. The van der Waals surface area contributed by atoms with E-state index in [1.165, 1.54) is 6.07 Å². The fourth-order valence-electron chi connectivity index (χ4n) is 2.86. The molecule has 1 aliphatic rings. The van der Waals surface area contributed by atoms with Crippen molar-refractivity contribution in [3.8, 4) is 5.88 Å². The van der Waals surface area contributed by atoms with E-state index < -0.39 is 0 Å². The molecule has 0 saturated carbocycles. The number of benzene rings is 1. The lowest BCUT2D eigenvalue weighted by Gasteiger charge is -2.31. The molecule has 6 heteroatoms. The summed E-state index contributed by atoms with van der Waals surface area (Å²) in [6, 6.07) is 6.71. The minimum atomic E-state index is -0.333. The summed E-state index contributed by atoms with van der Waals surface area (Å²) in [5.41, 5.74) is 1.04. The molecule has 0 amide bonds. The molecule has 0 bridgehead atoms. The minimum absolute atomic E-state index is 0.0954. The Kier molecular flexibility index (Phi) is 6.19. The summed E-state index contributed by atoms with van der Waals surface area (Å²) in [7, 11) is 0. The molecule has 27 heavy (non-hydrogen) atoms. The first-order valence-electron chi connectivity index (χ1n) is 9.16. The molecule has 2 heterocycles. The first-order valence-corrected chi connectivity index (χ1v) is 9.16. The Balaban J connectivity index is 1.65. The van der Waals surface area contributed by atoms with Crippen LogP contribution in [0.1, 0.15) is 32.0 Å². The van der Waals surface area contributed by atoms with Gasteiger partial charge in [0.05, 0.1) is 12.7 Å². The highest BCUT2D eigenvalue weighted by atomic mass is 19.1. The van der Waals surface area contributed by atoms with Crippen LogP contribution in [-0.2, 0) is 11.3 Å². The fraction of sp³-hybridized carbons (Fsp3) is 0.429. The Bertz CT molecular complexity index is 789. The summed E-state index contributed by atoms with van der Waals surface area (Å²) in [5.74, 6) is 0.333. The third kappa shape index (κ3) is 5.84. The van der Waals surface area contributed by atoms with Gasteiger partial charge in [0.2, 0.25) is 5.88 Å². The zero-order chi connectivity index (χ0) is 19.3. The predicted octanol–water partition coefficient (Wildman–Crippen LogP) is 3.71. The monoisotopic (exact) mass is 371 g/mol. The molecule has 3 rings (SSSR count). The van der Waals surface area contributed by atoms with E-state index >= 15 is 0 Å². The van der Waals surface area contributed by atoms with E-state index in [0.29, 0.717) is 31.1 Å². The minimum Gasteiger partial charge on any atom is -0.471 e. The maximum absolute atomic E-state index is 13.8. The van der Waals surface area contributed by atoms with Crippen LogP contribution in [0.5, 0.6) is 5.88 Å². The lowest BCUT2D eigenvalue weighted by molar-refractivity contribution is -0.00730. The van der Waals surface area contributed by atoms with E-state index in [0.717, 1.165) is 12.2 Å². The number of hydrogen-bond donors (Lipinski definition) is 0. The molecule has 1 saturated heterocycles. The smallest absolute Gasteiger partial charge is 0.237 e. The number of halogens is 1. The van der Waals surface area contributed by atoms with Crippen LogP contribution >= 0.6 is 0 Å². The highest BCUT2D eigenvalue weighted by Gasteiger charge is 2.22. The quantitative estimate of drug-likeness (QED) is 0.802. The Morgan fingerprint density at radius 1 is 1.26 bits per heavy atom. The van der Waals surface area contributed by atoms with Crippen molar-refractivity contribution in [2.75, 3.05) is 19.7 Å².